The quantitative estimate of drug-likeness (QED) is 0.804. The Morgan fingerprint density at radius 2 is 2.06 bits per heavy atom. The van der Waals surface area contributed by atoms with Gasteiger partial charge in [-0.05, 0) is 20.3 Å². The van der Waals surface area contributed by atoms with Gasteiger partial charge in [0.05, 0.1) is 18.0 Å². The van der Waals surface area contributed by atoms with Gasteiger partial charge in [0, 0.05) is 25.2 Å². The maximum Gasteiger partial charge on any atom is 0.167 e. The molecule has 4 heteroatoms. The zero-order chi connectivity index (χ0) is 13.0. The van der Waals surface area contributed by atoms with E-state index in [2.05, 4.69) is 13.8 Å². The molecule has 0 aliphatic carbocycles. The predicted molar refractivity (Wildman–Crippen MR) is 70.1 cm³/mol. The molecule has 17 heavy (non-hydrogen) atoms. The maximum atomic E-state index is 13.5. The molecule has 0 saturated carbocycles. The summed E-state index contributed by atoms with van der Waals surface area (Å²) in [5.74, 6) is -0.155. The molecule has 2 N–H and O–H groups in total. The first kappa shape index (κ1) is 13.6. The van der Waals surface area contributed by atoms with Crippen LogP contribution in [0.2, 0.25) is 0 Å². The molecular formula is C13H21FN2O. The van der Waals surface area contributed by atoms with Gasteiger partial charge in [-0.3, -0.25) is 0 Å². The van der Waals surface area contributed by atoms with E-state index in [4.69, 9.17) is 10.5 Å². The van der Waals surface area contributed by atoms with Gasteiger partial charge in [-0.15, -0.1) is 0 Å². The molecule has 1 atom stereocenters. The molecule has 0 fully saturated rings. The summed E-state index contributed by atoms with van der Waals surface area (Å²) in [5.41, 5.74) is 7.09. The largest absolute Gasteiger partial charge is 0.491 e. The highest BCUT2D eigenvalue weighted by atomic mass is 19.1. The molecule has 0 aliphatic heterocycles. The molecule has 0 bridgehead atoms. The minimum Gasteiger partial charge on any atom is -0.491 e. The summed E-state index contributed by atoms with van der Waals surface area (Å²) in [7, 11) is 1.95. The summed E-state index contributed by atoms with van der Waals surface area (Å²) >= 11 is 0. The van der Waals surface area contributed by atoms with E-state index in [0.717, 1.165) is 12.1 Å². The molecule has 0 spiro atoms. The highest BCUT2D eigenvalue weighted by Gasteiger charge is 2.15. The number of ether oxygens (including phenoxy) is 1. The predicted octanol–water partition coefficient (Wildman–Crippen LogP) is 3.04. The summed E-state index contributed by atoms with van der Waals surface area (Å²) in [5, 5.41) is 0. The van der Waals surface area contributed by atoms with E-state index in [9.17, 15) is 4.39 Å². The molecule has 0 heterocycles. The Labute approximate surface area is 102 Å². The third-order valence-corrected chi connectivity index (χ3v) is 3.01. The number of anilines is 2. The molecule has 0 saturated heterocycles. The fourth-order valence-corrected chi connectivity index (χ4v) is 1.64. The van der Waals surface area contributed by atoms with Crippen LogP contribution in [-0.2, 0) is 0 Å². The number of nitrogen functional groups attached to an aromatic ring is 1. The van der Waals surface area contributed by atoms with Crippen LogP contribution in [0, 0.1) is 5.82 Å². The number of nitrogens with zero attached hydrogens (tertiary/aromatic N) is 1. The van der Waals surface area contributed by atoms with Crippen molar-refractivity contribution in [3.8, 4) is 5.75 Å². The Morgan fingerprint density at radius 1 is 1.41 bits per heavy atom. The van der Waals surface area contributed by atoms with Gasteiger partial charge in [0.2, 0.25) is 0 Å². The lowest BCUT2D eigenvalue weighted by molar-refractivity contribution is 0.321. The number of benzene rings is 1. The lowest BCUT2D eigenvalue weighted by Gasteiger charge is -2.27. The average Bonchev–Trinajstić information content (AvgIpc) is 2.31. The van der Waals surface area contributed by atoms with Gasteiger partial charge in [-0.25, -0.2) is 4.39 Å². The first-order valence-electron chi connectivity index (χ1n) is 5.95. The molecule has 96 valence electrons. The summed E-state index contributed by atoms with van der Waals surface area (Å²) in [6, 6.07) is 3.33. The van der Waals surface area contributed by atoms with E-state index < -0.39 is 5.82 Å². The summed E-state index contributed by atoms with van der Waals surface area (Å²) in [6.45, 7) is 6.47. The zero-order valence-corrected chi connectivity index (χ0v) is 11.0. The molecule has 0 radical (unpaired) electrons. The Morgan fingerprint density at radius 3 is 2.59 bits per heavy atom. The van der Waals surface area contributed by atoms with Gasteiger partial charge < -0.3 is 15.4 Å². The first-order valence-corrected chi connectivity index (χ1v) is 5.95. The second kappa shape index (κ2) is 5.75. The Hall–Kier alpha value is -1.45. The van der Waals surface area contributed by atoms with Gasteiger partial charge in [0.15, 0.2) is 11.6 Å². The zero-order valence-electron chi connectivity index (χ0n) is 11.0. The fourth-order valence-electron chi connectivity index (χ4n) is 1.64. The van der Waals surface area contributed by atoms with Gasteiger partial charge in [-0.1, -0.05) is 6.92 Å². The highest BCUT2D eigenvalue weighted by molar-refractivity contribution is 5.70. The molecule has 1 aromatic rings. The minimum absolute atomic E-state index is 0.256. The number of nitrogens with two attached hydrogens (primary N) is 1. The lowest BCUT2D eigenvalue weighted by atomic mass is 10.1. The topological polar surface area (TPSA) is 38.5 Å². The van der Waals surface area contributed by atoms with E-state index in [1.165, 1.54) is 6.07 Å². The van der Waals surface area contributed by atoms with Crippen LogP contribution in [0.5, 0.6) is 5.75 Å². The van der Waals surface area contributed by atoms with Crippen LogP contribution >= 0.6 is 0 Å². The van der Waals surface area contributed by atoms with Gasteiger partial charge in [0.25, 0.3) is 0 Å². The molecule has 1 aromatic carbocycles. The average molecular weight is 240 g/mol. The second-order valence-corrected chi connectivity index (χ2v) is 4.14. The lowest BCUT2D eigenvalue weighted by Crippen LogP contribution is -2.28. The van der Waals surface area contributed by atoms with Gasteiger partial charge in [0.1, 0.15) is 0 Å². The normalized spacial score (nSPS) is 12.3. The number of hydrogen-bond acceptors (Lipinski definition) is 3. The smallest absolute Gasteiger partial charge is 0.167 e. The third-order valence-electron chi connectivity index (χ3n) is 3.01. The van der Waals surface area contributed by atoms with Crippen LogP contribution in [0.25, 0.3) is 0 Å². The molecule has 0 aromatic heterocycles. The molecule has 0 amide bonds. The van der Waals surface area contributed by atoms with Crippen molar-refractivity contribution in [3.63, 3.8) is 0 Å². The van der Waals surface area contributed by atoms with Crippen molar-refractivity contribution >= 4 is 11.4 Å². The maximum absolute atomic E-state index is 13.5. The van der Waals surface area contributed by atoms with Gasteiger partial charge in [-0.2, -0.15) is 0 Å². The van der Waals surface area contributed by atoms with Crippen LogP contribution in [-0.4, -0.2) is 19.7 Å². The van der Waals surface area contributed by atoms with Crippen LogP contribution in [0.4, 0.5) is 15.8 Å². The third kappa shape index (κ3) is 3.02. The molecule has 0 aliphatic rings. The summed E-state index contributed by atoms with van der Waals surface area (Å²) < 4.78 is 18.8. The van der Waals surface area contributed by atoms with Crippen molar-refractivity contribution in [1.82, 2.24) is 0 Å². The van der Waals surface area contributed by atoms with Crippen molar-refractivity contribution in [2.75, 3.05) is 24.3 Å². The second-order valence-electron chi connectivity index (χ2n) is 4.14. The highest BCUT2D eigenvalue weighted by Crippen LogP contribution is 2.31. The van der Waals surface area contributed by atoms with Crippen molar-refractivity contribution in [2.24, 2.45) is 0 Å². The van der Waals surface area contributed by atoms with Crippen molar-refractivity contribution < 1.29 is 9.13 Å². The number of rotatable bonds is 5. The first-order chi connectivity index (χ1) is 8.01. The van der Waals surface area contributed by atoms with Gasteiger partial charge >= 0.3 is 0 Å². The Bertz CT molecular complexity index is 382. The summed E-state index contributed by atoms with van der Waals surface area (Å²) in [4.78, 5) is 2.04. The summed E-state index contributed by atoms with van der Waals surface area (Å²) in [6.07, 6.45) is 0.997. The minimum atomic E-state index is -0.411. The number of hydrogen-bond donors (Lipinski definition) is 1. The van der Waals surface area contributed by atoms with E-state index in [1.54, 1.807) is 6.07 Å². The molecule has 1 unspecified atom stereocenters. The van der Waals surface area contributed by atoms with Crippen molar-refractivity contribution in [1.29, 1.82) is 0 Å². The monoisotopic (exact) mass is 240 g/mol. The van der Waals surface area contributed by atoms with Crippen LogP contribution in [0.3, 0.4) is 0 Å². The number of halogens is 1. The fraction of sp³-hybridized carbons (Fsp3) is 0.538. The van der Waals surface area contributed by atoms with E-state index in [-0.39, 0.29) is 5.75 Å². The molecule has 1 rings (SSSR count). The Balaban J connectivity index is 3.10. The molecular weight excluding hydrogens is 219 g/mol. The van der Waals surface area contributed by atoms with E-state index >= 15 is 0 Å². The van der Waals surface area contributed by atoms with Crippen LogP contribution < -0.4 is 15.4 Å². The Kier molecular flexibility index (Phi) is 4.61. The van der Waals surface area contributed by atoms with Crippen molar-refractivity contribution in [2.45, 2.75) is 33.2 Å². The van der Waals surface area contributed by atoms with Crippen molar-refractivity contribution in [3.05, 3.63) is 17.9 Å². The standard InChI is InChI=1S/C13H21FN2O/c1-5-9(3)16(4)12-8-13(17-6-2)10(14)7-11(12)15/h7-9H,5-6,15H2,1-4H3. The van der Waals surface area contributed by atoms with E-state index in [1.807, 2.05) is 18.9 Å². The molecule has 3 nitrogen and oxygen atoms in total. The van der Waals surface area contributed by atoms with Crippen LogP contribution in [0.1, 0.15) is 27.2 Å². The SMILES string of the molecule is CCOc1cc(N(C)C(C)CC)c(N)cc1F. The van der Waals surface area contributed by atoms with E-state index in [0.29, 0.717) is 18.3 Å². The van der Waals surface area contributed by atoms with Crippen LogP contribution in [0.15, 0.2) is 12.1 Å².